The number of carbonyl (C=O) groups excluding carboxylic acids is 2. The van der Waals surface area contributed by atoms with E-state index in [1.54, 1.807) is 24.3 Å². The summed E-state index contributed by atoms with van der Waals surface area (Å²) in [6, 6.07) is 22.8. The average molecular weight is 538 g/mol. The molecule has 202 valence electrons. The van der Waals surface area contributed by atoms with Gasteiger partial charge in [0.2, 0.25) is 21.8 Å². The predicted octanol–water partition coefficient (Wildman–Crippen LogP) is 3.55. The molecule has 0 radical (unpaired) electrons. The third-order valence-electron chi connectivity index (χ3n) is 6.24. The summed E-state index contributed by atoms with van der Waals surface area (Å²) in [6.07, 6.45) is 1.33. The number of aryl methyl sites for hydroxylation is 1. The number of benzene rings is 3. The van der Waals surface area contributed by atoms with Crippen molar-refractivity contribution in [1.82, 2.24) is 10.2 Å². The van der Waals surface area contributed by atoms with Crippen molar-refractivity contribution in [3.63, 3.8) is 0 Å². The number of hydrogen-bond acceptors (Lipinski definition) is 5. The van der Waals surface area contributed by atoms with Crippen LogP contribution in [0, 0.1) is 6.92 Å². The summed E-state index contributed by atoms with van der Waals surface area (Å²) in [4.78, 5) is 28.8. The average Bonchev–Trinajstić information content (AvgIpc) is 2.90. The highest BCUT2D eigenvalue weighted by atomic mass is 32.2. The number of ether oxygens (including phenoxy) is 1. The minimum Gasteiger partial charge on any atom is -0.497 e. The normalized spacial score (nSPS) is 11.9. The first-order chi connectivity index (χ1) is 18.1. The summed E-state index contributed by atoms with van der Waals surface area (Å²) in [5.41, 5.74) is 3.02. The van der Waals surface area contributed by atoms with Crippen LogP contribution < -0.4 is 14.4 Å². The maximum Gasteiger partial charge on any atom is 0.244 e. The lowest BCUT2D eigenvalue weighted by molar-refractivity contribution is -0.140. The summed E-state index contributed by atoms with van der Waals surface area (Å²) in [7, 11) is -2.35. The van der Waals surface area contributed by atoms with Gasteiger partial charge in [-0.2, -0.15) is 0 Å². The third kappa shape index (κ3) is 7.58. The van der Waals surface area contributed by atoms with E-state index < -0.39 is 28.5 Å². The Kier molecular flexibility index (Phi) is 9.90. The van der Waals surface area contributed by atoms with Gasteiger partial charge in [-0.1, -0.05) is 60.7 Å². The Morgan fingerprint density at radius 2 is 1.66 bits per heavy atom. The molecule has 0 saturated carbocycles. The van der Waals surface area contributed by atoms with Crippen LogP contribution in [0.4, 0.5) is 5.69 Å². The van der Waals surface area contributed by atoms with Gasteiger partial charge in [-0.3, -0.25) is 13.9 Å². The first kappa shape index (κ1) is 28.7. The monoisotopic (exact) mass is 537 g/mol. The molecule has 1 N–H and O–H groups in total. The highest BCUT2D eigenvalue weighted by Gasteiger charge is 2.33. The highest BCUT2D eigenvalue weighted by molar-refractivity contribution is 7.92. The SMILES string of the molecule is CCNC(=O)[C@H](Cc1ccccc1)N(Cc1ccccc1C)C(=O)CN(c1cccc(OC)c1)S(C)(=O)=O. The van der Waals surface area contributed by atoms with E-state index in [2.05, 4.69) is 5.32 Å². The predicted molar refractivity (Wildman–Crippen MR) is 150 cm³/mol. The summed E-state index contributed by atoms with van der Waals surface area (Å²) in [5, 5.41) is 2.85. The largest absolute Gasteiger partial charge is 0.497 e. The number of amides is 2. The standard InChI is InChI=1S/C29H35N3O5S/c1-5-30-29(34)27(18-23-13-7-6-8-14-23)31(20-24-15-10-9-12-22(24)2)28(33)21-32(38(4,35)36)25-16-11-17-26(19-25)37-3/h6-17,19,27H,5,18,20-21H2,1-4H3,(H,30,34)/t27-/m0/s1. The molecular formula is C29H35N3O5S. The molecule has 3 aromatic rings. The second kappa shape index (κ2) is 13.1. The lowest BCUT2D eigenvalue weighted by Gasteiger charge is -2.33. The lowest BCUT2D eigenvalue weighted by atomic mass is 10.0. The number of carbonyl (C=O) groups is 2. The van der Waals surface area contributed by atoms with Crippen LogP contribution in [0.5, 0.6) is 5.75 Å². The Hall–Kier alpha value is -3.85. The second-order valence-corrected chi connectivity index (χ2v) is 10.9. The van der Waals surface area contributed by atoms with Crippen LogP contribution >= 0.6 is 0 Å². The number of hydrogen-bond donors (Lipinski definition) is 1. The smallest absolute Gasteiger partial charge is 0.244 e. The molecule has 0 spiro atoms. The Morgan fingerprint density at radius 1 is 0.974 bits per heavy atom. The molecule has 0 aromatic heterocycles. The molecule has 1 atom stereocenters. The number of rotatable bonds is 12. The molecule has 2 amide bonds. The van der Waals surface area contributed by atoms with Gasteiger partial charge in [-0.25, -0.2) is 8.42 Å². The fourth-order valence-corrected chi connectivity index (χ4v) is 5.04. The first-order valence-electron chi connectivity index (χ1n) is 12.4. The summed E-state index contributed by atoms with van der Waals surface area (Å²) >= 11 is 0. The molecule has 0 unspecified atom stereocenters. The molecule has 3 rings (SSSR count). The molecule has 0 aliphatic carbocycles. The van der Waals surface area contributed by atoms with Crippen molar-refractivity contribution in [2.24, 2.45) is 0 Å². The molecule has 0 heterocycles. The molecule has 3 aromatic carbocycles. The van der Waals surface area contributed by atoms with Crippen LogP contribution in [0.2, 0.25) is 0 Å². The number of likely N-dealkylation sites (N-methyl/N-ethyl adjacent to an activating group) is 1. The van der Waals surface area contributed by atoms with Crippen LogP contribution in [0.3, 0.4) is 0 Å². The molecule has 0 saturated heterocycles. The Labute approximate surface area is 225 Å². The van der Waals surface area contributed by atoms with Crippen molar-refractivity contribution in [2.45, 2.75) is 32.9 Å². The van der Waals surface area contributed by atoms with Crippen LogP contribution in [-0.2, 0) is 32.6 Å². The molecule has 0 fully saturated rings. The molecule has 0 bridgehead atoms. The van der Waals surface area contributed by atoms with Crippen LogP contribution in [0.25, 0.3) is 0 Å². The van der Waals surface area contributed by atoms with Gasteiger partial charge in [-0.15, -0.1) is 0 Å². The zero-order valence-electron chi connectivity index (χ0n) is 22.3. The molecule has 9 heteroatoms. The van der Waals surface area contributed by atoms with E-state index in [0.29, 0.717) is 18.0 Å². The van der Waals surface area contributed by atoms with Crippen molar-refractivity contribution >= 4 is 27.5 Å². The topological polar surface area (TPSA) is 96.0 Å². The molecule has 38 heavy (non-hydrogen) atoms. The fourth-order valence-electron chi connectivity index (χ4n) is 4.20. The Bertz CT molecular complexity index is 1350. The van der Waals surface area contributed by atoms with Crippen molar-refractivity contribution in [2.75, 3.05) is 30.8 Å². The van der Waals surface area contributed by atoms with Gasteiger partial charge in [0.25, 0.3) is 0 Å². The van der Waals surface area contributed by atoms with E-state index in [0.717, 1.165) is 27.3 Å². The van der Waals surface area contributed by atoms with Crippen molar-refractivity contribution in [1.29, 1.82) is 0 Å². The number of methoxy groups -OCH3 is 1. The van der Waals surface area contributed by atoms with E-state index in [1.807, 2.05) is 68.4 Å². The Morgan fingerprint density at radius 3 is 2.29 bits per heavy atom. The van der Waals surface area contributed by atoms with E-state index in [1.165, 1.54) is 12.0 Å². The lowest BCUT2D eigenvalue weighted by Crippen LogP contribution is -2.53. The van der Waals surface area contributed by atoms with Gasteiger partial charge < -0.3 is 15.0 Å². The number of nitrogens with one attached hydrogen (secondary N) is 1. The summed E-state index contributed by atoms with van der Waals surface area (Å²) < 4.78 is 32.0. The zero-order valence-corrected chi connectivity index (χ0v) is 23.1. The van der Waals surface area contributed by atoms with Gasteiger partial charge >= 0.3 is 0 Å². The third-order valence-corrected chi connectivity index (χ3v) is 7.39. The maximum atomic E-state index is 14.0. The van der Waals surface area contributed by atoms with Gasteiger partial charge in [-0.05, 0) is 42.7 Å². The van der Waals surface area contributed by atoms with Crippen molar-refractivity contribution < 1.29 is 22.7 Å². The molecule has 0 aliphatic rings. The van der Waals surface area contributed by atoms with Gasteiger partial charge in [0, 0.05) is 25.6 Å². The fraction of sp³-hybridized carbons (Fsp3) is 0.310. The Balaban J connectivity index is 2.05. The van der Waals surface area contributed by atoms with Crippen LogP contribution in [0.1, 0.15) is 23.6 Å². The number of sulfonamides is 1. The highest BCUT2D eigenvalue weighted by Crippen LogP contribution is 2.24. The van der Waals surface area contributed by atoms with Gasteiger partial charge in [0.05, 0.1) is 19.1 Å². The minimum atomic E-state index is -3.84. The number of nitrogens with zero attached hydrogens (tertiary/aromatic N) is 2. The van der Waals surface area contributed by atoms with E-state index >= 15 is 0 Å². The first-order valence-corrected chi connectivity index (χ1v) is 14.3. The quantitative estimate of drug-likeness (QED) is 0.381. The number of anilines is 1. The van der Waals surface area contributed by atoms with E-state index in [4.69, 9.17) is 4.74 Å². The van der Waals surface area contributed by atoms with Crippen LogP contribution in [0.15, 0.2) is 78.9 Å². The summed E-state index contributed by atoms with van der Waals surface area (Å²) in [5.74, 6) is -0.330. The van der Waals surface area contributed by atoms with Gasteiger partial charge in [0.15, 0.2) is 0 Å². The van der Waals surface area contributed by atoms with Crippen molar-refractivity contribution in [3.05, 3.63) is 95.6 Å². The molecular weight excluding hydrogens is 502 g/mol. The van der Waals surface area contributed by atoms with Crippen molar-refractivity contribution in [3.8, 4) is 5.75 Å². The minimum absolute atomic E-state index is 0.149. The molecule has 8 nitrogen and oxygen atoms in total. The van der Waals surface area contributed by atoms with E-state index in [-0.39, 0.29) is 18.9 Å². The second-order valence-electron chi connectivity index (χ2n) is 9.02. The maximum absolute atomic E-state index is 14.0. The van der Waals surface area contributed by atoms with Gasteiger partial charge in [0.1, 0.15) is 18.3 Å². The van der Waals surface area contributed by atoms with Crippen LogP contribution in [-0.4, -0.2) is 57.6 Å². The zero-order chi connectivity index (χ0) is 27.7. The summed E-state index contributed by atoms with van der Waals surface area (Å²) in [6.45, 7) is 3.84. The molecule has 0 aliphatic heterocycles. The van der Waals surface area contributed by atoms with E-state index in [9.17, 15) is 18.0 Å².